The SMILES string of the molecule is O=CCCC1CCc2cc([C@H]3CC[C@]4(COC(=O)N4)C3)ccc2C1. The maximum Gasteiger partial charge on any atom is 0.407 e. The molecule has 1 saturated heterocycles. The molecule has 1 aromatic rings. The molecule has 4 rings (SSSR count). The first-order valence-electron chi connectivity index (χ1n) is 9.18. The van der Waals surface area contributed by atoms with Crippen LogP contribution in [0, 0.1) is 5.92 Å². The second-order valence-electron chi connectivity index (χ2n) is 7.80. The summed E-state index contributed by atoms with van der Waals surface area (Å²) in [7, 11) is 0. The highest BCUT2D eigenvalue weighted by atomic mass is 16.6. The van der Waals surface area contributed by atoms with Crippen LogP contribution in [0.3, 0.4) is 0 Å². The Morgan fingerprint density at radius 2 is 2.21 bits per heavy atom. The number of amides is 1. The number of cyclic esters (lactones) is 1. The summed E-state index contributed by atoms with van der Waals surface area (Å²) in [4.78, 5) is 22.0. The number of nitrogens with one attached hydrogen (secondary N) is 1. The van der Waals surface area contributed by atoms with Crippen LogP contribution >= 0.6 is 0 Å². The van der Waals surface area contributed by atoms with E-state index < -0.39 is 0 Å². The molecule has 1 unspecified atom stereocenters. The van der Waals surface area contributed by atoms with Crippen LogP contribution in [0.15, 0.2) is 18.2 Å². The number of hydrogen-bond acceptors (Lipinski definition) is 3. The van der Waals surface area contributed by atoms with Gasteiger partial charge in [-0.2, -0.15) is 0 Å². The smallest absolute Gasteiger partial charge is 0.407 e. The van der Waals surface area contributed by atoms with Gasteiger partial charge in [-0.1, -0.05) is 18.2 Å². The van der Waals surface area contributed by atoms with Crippen molar-refractivity contribution < 1.29 is 14.3 Å². The summed E-state index contributed by atoms with van der Waals surface area (Å²) in [5, 5.41) is 3.03. The molecule has 1 heterocycles. The molecule has 1 spiro atoms. The zero-order valence-corrected chi connectivity index (χ0v) is 14.1. The van der Waals surface area contributed by atoms with Crippen molar-refractivity contribution in [2.75, 3.05) is 6.61 Å². The lowest BCUT2D eigenvalue weighted by atomic mass is 9.80. The standard InChI is InChI=1S/C20H25NO3/c22-9-1-2-14-3-4-16-11-17(6-5-15(16)10-14)18-7-8-20(12-18)13-24-19(23)21-20/h5-6,9,11,14,18H,1-4,7-8,10,12-13H2,(H,21,23)/t14?,18-,20+/m0/s1. The second kappa shape index (κ2) is 6.23. The van der Waals surface area contributed by atoms with Gasteiger partial charge in [0.15, 0.2) is 0 Å². The Morgan fingerprint density at radius 1 is 1.29 bits per heavy atom. The van der Waals surface area contributed by atoms with Crippen LogP contribution in [0.5, 0.6) is 0 Å². The predicted molar refractivity (Wildman–Crippen MR) is 91.1 cm³/mol. The molecule has 0 radical (unpaired) electrons. The number of fused-ring (bicyclic) bond motifs is 1. The van der Waals surface area contributed by atoms with Crippen LogP contribution in [-0.4, -0.2) is 24.5 Å². The Balaban J connectivity index is 1.45. The maximum atomic E-state index is 11.4. The van der Waals surface area contributed by atoms with E-state index in [1.807, 2.05) is 0 Å². The monoisotopic (exact) mass is 327 g/mol. The minimum absolute atomic E-state index is 0.127. The number of aryl methyl sites for hydroxylation is 1. The topological polar surface area (TPSA) is 55.4 Å². The van der Waals surface area contributed by atoms with E-state index in [4.69, 9.17) is 4.74 Å². The molecule has 128 valence electrons. The molecule has 3 atom stereocenters. The Hall–Kier alpha value is -1.84. The molecule has 1 N–H and O–H groups in total. The fourth-order valence-electron chi connectivity index (χ4n) is 4.80. The zero-order chi connectivity index (χ0) is 16.6. The Morgan fingerprint density at radius 3 is 3.00 bits per heavy atom. The Labute approximate surface area is 143 Å². The summed E-state index contributed by atoms with van der Waals surface area (Å²) in [6.45, 7) is 0.520. The highest BCUT2D eigenvalue weighted by Gasteiger charge is 2.46. The predicted octanol–water partition coefficient (Wildman–Crippen LogP) is 3.52. The van der Waals surface area contributed by atoms with Gasteiger partial charge in [-0.05, 0) is 73.5 Å². The maximum absolute atomic E-state index is 11.4. The third kappa shape index (κ3) is 2.94. The molecule has 4 nitrogen and oxygen atoms in total. The van der Waals surface area contributed by atoms with E-state index in [0.717, 1.165) is 44.8 Å². The molecule has 2 fully saturated rings. The quantitative estimate of drug-likeness (QED) is 0.861. The molecular formula is C20H25NO3. The number of rotatable bonds is 4. The second-order valence-corrected chi connectivity index (χ2v) is 7.80. The van der Waals surface area contributed by atoms with E-state index in [0.29, 0.717) is 24.9 Å². The van der Waals surface area contributed by atoms with Crippen LogP contribution in [0.1, 0.15) is 61.1 Å². The first kappa shape index (κ1) is 15.7. The van der Waals surface area contributed by atoms with Gasteiger partial charge in [0.2, 0.25) is 0 Å². The average Bonchev–Trinajstić information content (AvgIpc) is 3.18. The first-order chi connectivity index (χ1) is 11.7. The van der Waals surface area contributed by atoms with Crippen LogP contribution in [0.2, 0.25) is 0 Å². The van der Waals surface area contributed by atoms with Crippen molar-refractivity contribution in [3.8, 4) is 0 Å². The van der Waals surface area contributed by atoms with E-state index in [9.17, 15) is 9.59 Å². The lowest BCUT2D eigenvalue weighted by Crippen LogP contribution is -2.40. The Kier molecular flexibility index (Phi) is 4.07. The Bertz CT molecular complexity index is 656. The van der Waals surface area contributed by atoms with Crippen molar-refractivity contribution in [1.82, 2.24) is 5.32 Å². The molecular weight excluding hydrogens is 302 g/mol. The minimum Gasteiger partial charge on any atom is -0.447 e. The third-order valence-corrected chi connectivity index (χ3v) is 6.18. The lowest BCUT2D eigenvalue weighted by molar-refractivity contribution is -0.108. The minimum atomic E-state index is -0.262. The highest BCUT2D eigenvalue weighted by molar-refractivity contribution is 5.70. The van der Waals surface area contributed by atoms with Gasteiger partial charge in [0.05, 0.1) is 5.54 Å². The molecule has 1 aromatic carbocycles. The lowest BCUT2D eigenvalue weighted by Gasteiger charge is -2.26. The van der Waals surface area contributed by atoms with Crippen molar-refractivity contribution >= 4 is 12.4 Å². The van der Waals surface area contributed by atoms with Crippen molar-refractivity contribution in [3.05, 3.63) is 34.9 Å². The summed E-state index contributed by atoms with van der Waals surface area (Å²) < 4.78 is 5.13. The van der Waals surface area contributed by atoms with Crippen LogP contribution < -0.4 is 5.32 Å². The molecule has 24 heavy (non-hydrogen) atoms. The van der Waals surface area contributed by atoms with Gasteiger partial charge in [-0.3, -0.25) is 0 Å². The number of aldehydes is 1. The van der Waals surface area contributed by atoms with E-state index >= 15 is 0 Å². The number of carbonyl (C=O) groups excluding carboxylic acids is 2. The van der Waals surface area contributed by atoms with Crippen molar-refractivity contribution in [3.63, 3.8) is 0 Å². The van der Waals surface area contributed by atoms with E-state index in [-0.39, 0.29) is 11.6 Å². The number of alkyl carbamates (subject to hydrolysis) is 1. The molecule has 4 heteroatoms. The fraction of sp³-hybridized carbons (Fsp3) is 0.600. The molecule has 0 aromatic heterocycles. The van der Waals surface area contributed by atoms with Gasteiger partial charge in [-0.15, -0.1) is 0 Å². The summed E-state index contributed by atoms with van der Waals surface area (Å²) in [6, 6.07) is 6.97. The first-order valence-corrected chi connectivity index (χ1v) is 9.18. The van der Waals surface area contributed by atoms with Crippen molar-refractivity contribution in [1.29, 1.82) is 0 Å². The zero-order valence-electron chi connectivity index (χ0n) is 14.1. The molecule has 1 amide bonds. The number of ether oxygens (including phenoxy) is 1. The normalized spacial score (nSPS) is 31.6. The molecule has 3 aliphatic rings. The largest absolute Gasteiger partial charge is 0.447 e. The molecule has 0 bridgehead atoms. The highest BCUT2D eigenvalue weighted by Crippen LogP contribution is 2.43. The van der Waals surface area contributed by atoms with E-state index in [2.05, 4.69) is 23.5 Å². The summed E-state index contributed by atoms with van der Waals surface area (Å²) in [5.74, 6) is 1.18. The number of hydrogen-bond donors (Lipinski definition) is 1. The number of benzene rings is 1. The van der Waals surface area contributed by atoms with Crippen molar-refractivity contribution in [2.24, 2.45) is 5.92 Å². The summed E-state index contributed by atoms with van der Waals surface area (Å²) >= 11 is 0. The van der Waals surface area contributed by atoms with Crippen LogP contribution in [0.25, 0.3) is 0 Å². The van der Waals surface area contributed by atoms with E-state index in [1.165, 1.54) is 23.1 Å². The van der Waals surface area contributed by atoms with Gasteiger partial charge >= 0.3 is 6.09 Å². The average molecular weight is 327 g/mol. The van der Waals surface area contributed by atoms with Gasteiger partial charge in [-0.25, -0.2) is 4.79 Å². The molecule has 1 saturated carbocycles. The van der Waals surface area contributed by atoms with Crippen LogP contribution in [-0.2, 0) is 22.4 Å². The van der Waals surface area contributed by atoms with Crippen LogP contribution in [0.4, 0.5) is 4.79 Å². The number of carbonyl (C=O) groups is 2. The van der Waals surface area contributed by atoms with Gasteiger partial charge in [0.1, 0.15) is 12.9 Å². The fourth-order valence-corrected chi connectivity index (χ4v) is 4.80. The van der Waals surface area contributed by atoms with Gasteiger partial charge in [0, 0.05) is 6.42 Å². The van der Waals surface area contributed by atoms with Gasteiger partial charge in [0.25, 0.3) is 0 Å². The van der Waals surface area contributed by atoms with E-state index in [1.54, 1.807) is 0 Å². The summed E-state index contributed by atoms with van der Waals surface area (Å²) in [6.07, 6.45) is 9.04. The third-order valence-electron chi connectivity index (χ3n) is 6.18. The van der Waals surface area contributed by atoms with Gasteiger partial charge < -0.3 is 14.8 Å². The molecule has 1 aliphatic heterocycles. The van der Waals surface area contributed by atoms with Crippen molar-refractivity contribution in [2.45, 2.75) is 62.8 Å². The molecule has 2 aliphatic carbocycles. The summed E-state index contributed by atoms with van der Waals surface area (Å²) in [5.41, 5.74) is 4.24.